The molecule has 1 atom stereocenters. The molecule has 0 spiro atoms. The number of likely N-dealkylation sites (tertiary alicyclic amines) is 1. The highest BCUT2D eigenvalue weighted by molar-refractivity contribution is 6.03. The molecule has 0 aromatic carbocycles. The Labute approximate surface area is 109 Å². The Hall–Kier alpha value is -2.15. The minimum atomic E-state index is -0.545. The van der Waals surface area contributed by atoms with Gasteiger partial charge in [0, 0.05) is 17.9 Å². The number of furan rings is 1. The van der Waals surface area contributed by atoms with Crippen LogP contribution in [0.2, 0.25) is 0 Å². The summed E-state index contributed by atoms with van der Waals surface area (Å²) >= 11 is 0. The Morgan fingerprint density at radius 3 is 2.79 bits per heavy atom. The van der Waals surface area contributed by atoms with E-state index in [1.807, 2.05) is 5.43 Å². The van der Waals surface area contributed by atoms with Crippen molar-refractivity contribution in [1.29, 1.82) is 0 Å². The standard InChI is InChI=1S/C12H15N3O4/c1-6-3-8(19-10(6)11(17)14-13)5-15-9(16)4-7(2)12(15)18/h3,7H,4-5,13H2,1-2H3,(H,14,17). The predicted molar refractivity (Wildman–Crippen MR) is 64.4 cm³/mol. The first-order valence-electron chi connectivity index (χ1n) is 5.88. The van der Waals surface area contributed by atoms with E-state index in [0.717, 1.165) is 4.90 Å². The second-order valence-electron chi connectivity index (χ2n) is 4.62. The molecule has 2 rings (SSSR count). The SMILES string of the molecule is Cc1cc(CN2C(=O)CC(C)C2=O)oc1C(=O)NN. The lowest BCUT2D eigenvalue weighted by molar-refractivity contribution is -0.140. The third-order valence-electron chi connectivity index (χ3n) is 3.09. The van der Waals surface area contributed by atoms with E-state index in [4.69, 9.17) is 10.3 Å². The third kappa shape index (κ3) is 2.37. The van der Waals surface area contributed by atoms with E-state index in [1.54, 1.807) is 19.9 Å². The van der Waals surface area contributed by atoms with Crippen LogP contribution in [0.15, 0.2) is 10.5 Å². The molecular weight excluding hydrogens is 250 g/mol. The van der Waals surface area contributed by atoms with Gasteiger partial charge in [0.05, 0.1) is 6.54 Å². The molecule has 1 aromatic heterocycles. The summed E-state index contributed by atoms with van der Waals surface area (Å²) in [4.78, 5) is 35.9. The van der Waals surface area contributed by atoms with Gasteiger partial charge in [-0.15, -0.1) is 0 Å². The van der Waals surface area contributed by atoms with Crippen molar-refractivity contribution < 1.29 is 18.8 Å². The summed E-state index contributed by atoms with van der Waals surface area (Å²) in [6.07, 6.45) is 0.217. The smallest absolute Gasteiger partial charge is 0.301 e. The van der Waals surface area contributed by atoms with Crippen LogP contribution in [0, 0.1) is 12.8 Å². The number of carbonyl (C=O) groups is 3. The van der Waals surface area contributed by atoms with Crippen LogP contribution in [0.3, 0.4) is 0 Å². The molecule has 1 aromatic rings. The fourth-order valence-corrected chi connectivity index (χ4v) is 2.09. The van der Waals surface area contributed by atoms with Crippen LogP contribution < -0.4 is 11.3 Å². The maximum Gasteiger partial charge on any atom is 0.301 e. The van der Waals surface area contributed by atoms with E-state index < -0.39 is 5.91 Å². The van der Waals surface area contributed by atoms with E-state index in [9.17, 15) is 14.4 Å². The average molecular weight is 265 g/mol. The van der Waals surface area contributed by atoms with Gasteiger partial charge in [-0.1, -0.05) is 6.92 Å². The van der Waals surface area contributed by atoms with Crippen LogP contribution in [0.5, 0.6) is 0 Å². The summed E-state index contributed by atoms with van der Waals surface area (Å²) in [7, 11) is 0. The van der Waals surface area contributed by atoms with Crippen LogP contribution in [0.1, 0.15) is 35.2 Å². The highest BCUT2D eigenvalue weighted by Gasteiger charge is 2.36. The number of hydrogen-bond donors (Lipinski definition) is 2. The number of hydrazine groups is 1. The van der Waals surface area contributed by atoms with Gasteiger partial charge in [-0.2, -0.15) is 0 Å². The lowest BCUT2D eigenvalue weighted by atomic mass is 10.1. The number of hydrogen-bond acceptors (Lipinski definition) is 5. The number of imide groups is 1. The van der Waals surface area contributed by atoms with Gasteiger partial charge >= 0.3 is 5.91 Å². The summed E-state index contributed by atoms with van der Waals surface area (Å²) in [5, 5.41) is 0. The number of nitrogens with zero attached hydrogens (tertiary/aromatic N) is 1. The van der Waals surface area contributed by atoms with Gasteiger partial charge in [-0.3, -0.25) is 24.7 Å². The zero-order chi connectivity index (χ0) is 14.2. The minimum absolute atomic E-state index is 0.0424. The Morgan fingerprint density at radius 2 is 2.26 bits per heavy atom. The maximum absolute atomic E-state index is 11.8. The van der Waals surface area contributed by atoms with Gasteiger partial charge in [0.2, 0.25) is 11.8 Å². The van der Waals surface area contributed by atoms with E-state index in [1.165, 1.54) is 0 Å². The molecule has 1 fully saturated rings. The molecule has 0 saturated carbocycles. The van der Waals surface area contributed by atoms with Crippen molar-refractivity contribution in [2.45, 2.75) is 26.8 Å². The first-order chi connectivity index (χ1) is 8.93. The lowest BCUT2D eigenvalue weighted by Gasteiger charge is -2.11. The Bertz CT molecular complexity index is 549. The Morgan fingerprint density at radius 1 is 1.58 bits per heavy atom. The van der Waals surface area contributed by atoms with E-state index in [2.05, 4.69) is 0 Å². The summed E-state index contributed by atoms with van der Waals surface area (Å²) in [6, 6.07) is 1.62. The summed E-state index contributed by atoms with van der Waals surface area (Å²) in [5.74, 6) is 4.21. The molecular formula is C12H15N3O4. The van der Waals surface area contributed by atoms with E-state index in [0.29, 0.717) is 11.3 Å². The molecule has 7 nitrogen and oxygen atoms in total. The van der Waals surface area contributed by atoms with Gasteiger partial charge in [-0.05, 0) is 13.0 Å². The number of carbonyl (C=O) groups excluding carboxylic acids is 3. The minimum Gasteiger partial charge on any atom is -0.454 e. The molecule has 3 amide bonds. The normalized spacial score (nSPS) is 19.1. The van der Waals surface area contributed by atoms with Crippen molar-refractivity contribution >= 4 is 17.7 Å². The quantitative estimate of drug-likeness (QED) is 0.348. The van der Waals surface area contributed by atoms with Crippen LogP contribution in [-0.2, 0) is 16.1 Å². The number of nitrogen functional groups attached to an aromatic ring is 1. The molecule has 1 aliphatic heterocycles. The van der Waals surface area contributed by atoms with Gasteiger partial charge in [0.15, 0.2) is 5.76 Å². The zero-order valence-corrected chi connectivity index (χ0v) is 10.7. The van der Waals surface area contributed by atoms with Crippen LogP contribution >= 0.6 is 0 Å². The topological polar surface area (TPSA) is 106 Å². The van der Waals surface area contributed by atoms with Crippen LogP contribution in [0.4, 0.5) is 0 Å². The first kappa shape index (κ1) is 13.3. The van der Waals surface area contributed by atoms with E-state index >= 15 is 0 Å². The summed E-state index contributed by atoms with van der Waals surface area (Å²) in [6.45, 7) is 3.44. The monoisotopic (exact) mass is 265 g/mol. The van der Waals surface area contributed by atoms with Crippen molar-refractivity contribution in [3.05, 3.63) is 23.2 Å². The summed E-state index contributed by atoms with van der Waals surface area (Å²) < 4.78 is 5.32. The van der Waals surface area contributed by atoms with Gasteiger partial charge in [0.1, 0.15) is 5.76 Å². The lowest BCUT2D eigenvalue weighted by Crippen LogP contribution is -2.30. The van der Waals surface area contributed by atoms with Gasteiger partial charge in [0.25, 0.3) is 0 Å². The maximum atomic E-state index is 11.8. The molecule has 1 aliphatic rings. The van der Waals surface area contributed by atoms with Gasteiger partial charge < -0.3 is 4.42 Å². The third-order valence-corrected chi connectivity index (χ3v) is 3.09. The molecule has 0 aliphatic carbocycles. The van der Waals surface area contributed by atoms with Crippen LogP contribution in [-0.4, -0.2) is 22.6 Å². The number of nitrogens with two attached hydrogens (primary N) is 1. The average Bonchev–Trinajstić information content (AvgIpc) is 2.84. The van der Waals surface area contributed by atoms with Crippen LogP contribution in [0.25, 0.3) is 0 Å². The molecule has 2 heterocycles. The fourth-order valence-electron chi connectivity index (χ4n) is 2.09. The number of nitrogens with one attached hydrogen (secondary N) is 1. The molecule has 102 valence electrons. The second kappa shape index (κ2) is 4.85. The van der Waals surface area contributed by atoms with Crippen molar-refractivity contribution in [1.82, 2.24) is 10.3 Å². The molecule has 1 saturated heterocycles. The van der Waals surface area contributed by atoms with Gasteiger partial charge in [-0.25, -0.2) is 5.84 Å². The predicted octanol–water partition coefficient (Wildman–Crippen LogP) is 0.0865. The molecule has 19 heavy (non-hydrogen) atoms. The van der Waals surface area contributed by atoms with Crippen molar-refractivity contribution in [3.63, 3.8) is 0 Å². The van der Waals surface area contributed by atoms with Crippen molar-refractivity contribution in [2.24, 2.45) is 11.8 Å². The largest absolute Gasteiger partial charge is 0.454 e. The Balaban J connectivity index is 2.18. The summed E-state index contributed by atoms with van der Waals surface area (Å²) in [5.41, 5.74) is 2.58. The highest BCUT2D eigenvalue weighted by atomic mass is 16.4. The fraction of sp³-hybridized carbons (Fsp3) is 0.417. The van der Waals surface area contributed by atoms with E-state index in [-0.39, 0.29) is 36.5 Å². The molecule has 3 N–H and O–H groups in total. The highest BCUT2D eigenvalue weighted by Crippen LogP contribution is 2.23. The Kier molecular flexibility index (Phi) is 3.39. The number of amides is 3. The number of aryl methyl sites for hydroxylation is 1. The second-order valence-corrected chi connectivity index (χ2v) is 4.62. The zero-order valence-electron chi connectivity index (χ0n) is 10.7. The first-order valence-corrected chi connectivity index (χ1v) is 5.88. The van der Waals surface area contributed by atoms with Crippen molar-refractivity contribution in [2.75, 3.05) is 0 Å². The molecule has 0 bridgehead atoms. The number of rotatable bonds is 3. The molecule has 7 heteroatoms. The molecule has 0 radical (unpaired) electrons. The molecule has 1 unspecified atom stereocenters. The van der Waals surface area contributed by atoms with Crippen molar-refractivity contribution in [3.8, 4) is 0 Å².